The number of aryl methyl sites for hydroxylation is 1. The van der Waals surface area contributed by atoms with Gasteiger partial charge in [-0.1, -0.05) is 43.7 Å². The predicted molar refractivity (Wildman–Crippen MR) is 105 cm³/mol. The standard InChI is InChI=1S/C20H26N2O3S/c1-4-5-14-21-20(23)15-22(19-13-9-10-16(2)17(19)3)26(24,25)18-11-7-6-8-12-18/h6-13H,4-5,14-15H2,1-3H3,(H,21,23). The summed E-state index contributed by atoms with van der Waals surface area (Å²) in [7, 11) is -3.85. The number of hydrogen-bond donors (Lipinski definition) is 1. The Balaban J connectivity index is 2.42. The lowest BCUT2D eigenvalue weighted by molar-refractivity contribution is -0.119. The third-order valence-corrected chi connectivity index (χ3v) is 6.09. The van der Waals surface area contributed by atoms with Crippen molar-refractivity contribution in [1.82, 2.24) is 5.32 Å². The number of carbonyl (C=O) groups is 1. The SMILES string of the molecule is CCCCNC(=O)CN(c1cccc(C)c1C)S(=O)(=O)c1ccccc1. The number of rotatable bonds is 8. The maximum Gasteiger partial charge on any atom is 0.264 e. The summed E-state index contributed by atoms with van der Waals surface area (Å²) < 4.78 is 27.6. The molecule has 140 valence electrons. The molecule has 6 heteroatoms. The molecule has 2 aromatic rings. The third-order valence-electron chi connectivity index (χ3n) is 4.32. The summed E-state index contributed by atoms with van der Waals surface area (Å²) in [5.74, 6) is -0.307. The zero-order chi connectivity index (χ0) is 19.2. The molecule has 0 aliphatic carbocycles. The fraction of sp³-hybridized carbons (Fsp3) is 0.350. The van der Waals surface area contributed by atoms with E-state index in [1.807, 2.05) is 26.8 Å². The van der Waals surface area contributed by atoms with Gasteiger partial charge in [-0.15, -0.1) is 0 Å². The Morgan fingerprint density at radius 3 is 2.38 bits per heavy atom. The highest BCUT2D eigenvalue weighted by Crippen LogP contribution is 2.28. The highest BCUT2D eigenvalue weighted by molar-refractivity contribution is 7.92. The summed E-state index contributed by atoms with van der Waals surface area (Å²) in [5.41, 5.74) is 2.34. The Bertz CT molecular complexity index is 849. The van der Waals surface area contributed by atoms with Crippen molar-refractivity contribution in [3.63, 3.8) is 0 Å². The van der Waals surface area contributed by atoms with Crippen molar-refractivity contribution in [3.8, 4) is 0 Å². The molecule has 0 aliphatic rings. The minimum Gasteiger partial charge on any atom is -0.355 e. The topological polar surface area (TPSA) is 66.5 Å². The second kappa shape index (κ2) is 8.85. The molecule has 0 fully saturated rings. The first kappa shape index (κ1) is 20.0. The van der Waals surface area contributed by atoms with Gasteiger partial charge in [0.05, 0.1) is 10.6 Å². The van der Waals surface area contributed by atoms with Crippen LogP contribution in [0.1, 0.15) is 30.9 Å². The summed E-state index contributed by atoms with van der Waals surface area (Å²) in [4.78, 5) is 12.5. The number of unbranched alkanes of at least 4 members (excludes halogenated alkanes) is 1. The molecule has 0 atom stereocenters. The Labute approximate surface area is 156 Å². The van der Waals surface area contributed by atoms with Crippen LogP contribution in [0.5, 0.6) is 0 Å². The number of nitrogens with zero attached hydrogens (tertiary/aromatic N) is 1. The van der Waals surface area contributed by atoms with Crippen molar-refractivity contribution < 1.29 is 13.2 Å². The number of sulfonamides is 1. The van der Waals surface area contributed by atoms with Gasteiger partial charge in [0.2, 0.25) is 5.91 Å². The summed E-state index contributed by atoms with van der Waals surface area (Å²) in [6, 6.07) is 13.7. The van der Waals surface area contributed by atoms with Gasteiger partial charge < -0.3 is 5.32 Å². The van der Waals surface area contributed by atoms with Crippen LogP contribution < -0.4 is 9.62 Å². The second-order valence-electron chi connectivity index (χ2n) is 6.25. The van der Waals surface area contributed by atoms with Gasteiger partial charge in [0.1, 0.15) is 6.54 Å². The molecule has 0 saturated carbocycles. The molecule has 0 spiro atoms. The minimum atomic E-state index is -3.85. The van der Waals surface area contributed by atoms with E-state index in [0.717, 1.165) is 24.0 Å². The summed E-state index contributed by atoms with van der Waals surface area (Å²) in [5, 5.41) is 2.80. The molecule has 2 rings (SSSR count). The largest absolute Gasteiger partial charge is 0.355 e. The van der Waals surface area contributed by atoms with Gasteiger partial charge in [-0.2, -0.15) is 0 Å². The van der Waals surface area contributed by atoms with Crippen molar-refractivity contribution >= 4 is 21.6 Å². The molecule has 5 nitrogen and oxygen atoms in total. The number of nitrogens with one attached hydrogen (secondary N) is 1. The van der Waals surface area contributed by atoms with E-state index in [1.54, 1.807) is 42.5 Å². The minimum absolute atomic E-state index is 0.169. The molecule has 0 bridgehead atoms. The fourth-order valence-corrected chi connectivity index (χ4v) is 4.12. The van der Waals surface area contributed by atoms with E-state index in [4.69, 9.17) is 0 Å². The Morgan fingerprint density at radius 2 is 1.73 bits per heavy atom. The van der Waals surface area contributed by atoms with Gasteiger partial charge in [0.25, 0.3) is 10.0 Å². The molecule has 0 aliphatic heterocycles. The Morgan fingerprint density at radius 1 is 1.04 bits per heavy atom. The molecule has 1 N–H and O–H groups in total. The van der Waals surface area contributed by atoms with Crippen LogP contribution in [0.4, 0.5) is 5.69 Å². The average molecular weight is 375 g/mol. The molecule has 0 heterocycles. The van der Waals surface area contributed by atoms with E-state index < -0.39 is 10.0 Å². The maximum atomic E-state index is 13.2. The summed E-state index contributed by atoms with van der Waals surface area (Å²) in [6.45, 7) is 6.13. The van der Waals surface area contributed by atoms with Crippen molar-refractivity contribution in [3.05, 3.63) is 59.7 Å². The lowest BCUT2D eigenvalue weighted by Gasteiger charge is -2.26. The molecule has 26 heavy (non-hydrogen) atoms. The first-order chi connectivity index (χ1) is 12.4. The Kier molecular flexibility index (Phi) is 6.80. The first-order valence-corrected chi connectivity index (χ1v) is 10.2. The van der Waals surface area contributed by atoms with Crippen LogP contribution in [0.15, 0.2) is 53.4 Å². The normalized spacial score (nSPS) is 11.2. The highest BCUT2D eigenvalue weighted by atomic mass is 32.2. The third kappa shape index (κ3) is 4.64. The maximum absolute atomic E-state index is 13.2. The van der Waals surface area contributed by atoms with E-state index in [1.165, 1.54) is 4.31 Å². The lowest BCUT2D eigenvalue weighted by atomic mass is 10.1. The summed E-state index contributed by atoms with van der Waals surface area (Å²) in [6.07, 6.45) is 1.82. The number of anilines is 1. The van der Waals surface area contributed by atoms with Gasteiger partial charge in [-0.05, 0) is 49.6 Å². The zero-order valence-corrected chi connectivity index (χ0v) is 16.3. The monoisotopic (exact) mass is 374 g/mol. The van der Waals surface area contributed by atoms with E-state index >= 15 is 0 Å². The number of carbonyl (C=O) groups excluding carboxylic acids is 1. The van der Waals surface area contributed by atoms with Crippen molar-refractivity contribution in [2.75, 3.05) is 17.4 Å². The molecule has 2 aromatic carbocycles. The van der Waals surface area contributed by atoms with Gasteiger partial charge in [-0.25, -0.2) is 8.42 Å². The fourth-order valence-electron chi connectivity index (χ4n) is 2.62. The van der Waals surface area contributed by atoms with Gasteiger partial charge in [0.15, 0.2) is 0 Å². The number of benzene rings is 2. The van der Waals surface area contributed by atoms with Crippen molar-refractivity contribution in [1.29, 1.82) is 0 Å². The van der Waals surface area contributed by atoms with Crippen molar-refractivity contribution in [2.45, 2.75) is 38.5 Å². The number of amides is 1. The molecular formula is C20H26N2O3S. The predicted octanol–water partition coefficient (Wildman–Crippen LogP) is 3.42. The van der Waals surface area contributed by atoms with E-state index in [-0.39, 0.29) is 17.3 Å². The lowest BCUT2D eigenvalue weighted by Crippen LogP contribution is -2.41. The Hall–Kier alpha value is -2.34. The molecule has 0 aromatic heterocycles. The second-order valence-corrected chi connectivity index (χ2v) is 8.11. The van der Waals surface area contributed by atoms with Crippen LogP contribution in [-0.2, 0) is 14.8 Å². The molecular weight excluding hydrogens is 348 g/mol. The van der Waals surface area contributed by atoms with Crippen LogP contribution in [0.2, 0.25) is 0 Å². The highest BCUT2D eigenvalue weighted by Gasteiger charge is 2.28. The smallest absolute Gasteiger partial charge is 0.264 e. The van der Waals surface area contributed by atoms with Gasteiger partial charge in [-0.3, -0.25) is 9.10 Å². The van der Waals surface area contributed by atoms with E-state index in [0.29, 0.717) is 12.2 Å². The van der Waals surface area contributed by atoms with Crippen LogP contribution in [0, 0.1) is 13.8 Å². The molecule has 0 unspecified atom stereocenters. The van der Waals surface area contributed by atoms with Gasteiger partial charge in [0, 0.05) is 6.54 Å². The van der Waals surface area contributed by atoms with Gasteiger partial charge >= 0.3 is 0 Å². The van der Waals surface area contributed by atoms with E-state index in [2.05, 4.69) is 5.32 Å². The van der Waals surface area contributed by atoms with Crippen molar-refractivity contribution in [2.24, 2.45) is 0 Å². The molecule has 0 radical (unpaired) electrons. The molecule has 1 amide bonds. The average Bonchev–Trinajstić information content (AvgIpc) is 2.63. The number of hydrogen-bond acceptors (Lipinski definition) is 3. The van der Waals surface area contributed by atoms with Crippen LogP contribution in [-0.4, -0.2) is 27.4 Å². The zero-order valence-electron chi connectivity index (χ0n) is 15.5. The molecule has 0 saturated heterocycles. The van der Waals surface area contributed by atoms with Crippen LogP contribution in [0.25, 0.3) is 0 Å². The van der Waals surface area contributed by atoms with E-state index in [9.17, 15) is 13.2 Å². The van der Waals surface area contributed by atoms with Crippen LogP contribution in [0.3, 0.4) is 0 Å². The quantitative estimate of drug-likeness (QED) is 0.720. The van der Waals surface area contributed by atoms with Crippen LogP contribution >= 0.6 is 0 Å². The first-order valence-electron chi connectivity index (χ1n) is 8.78. The summed E-state index contributed by atoms with van der Waals surface area (Å²) >= 11 is 0.